The summed E-state index contributed by atoms with van der Waals surface area (Å²) in [5.74, 6) is 0. The third-order valence-electron chi connectivity index (χ3n) is 2.58. The molecule has 0 unspecified atom stereocenters. The van der Waals surface area contributed by atoms with Gasteiger partial charge in [-0.1, -0.05) is 42.1 Å². The lowest BCUT2D eigenvalue weighted by atomic mass is 10.0. The summed E-state index contributed by atoms with van der Waals surface area (Å²) < 4.78 is 0. The molecule has 2 N–H and O–H groups in total. The second kappa shape index (κ2) is 4.11. The molecule has 0 aromatic heterocycles. The zero-order valence-corrected chi connectivity index (χ0v) is 9.71. The quantitative estimate of drug-likeness (QED) is 0.786. The van der Waals surface area contributed by atoms with Gasteiger partial charge in [-0.15, -0.1) is 0 Å². The Kier molecular flexibility index (Phi) is 2.82. The smallest absolute Gasteiger partial charge is 0.159 e. The number of hydrogen-bond acceptors (Lipinski definition) is 3. The highest BCUT2D eigenvalue weighted by molar-refractivity contribution is 8.14. The molecule has 3 heteroatoms. The van der Waals surface area contributed by atoms with Crippen LogP contribution in [0.2, 0.25) is 0 Å². The van der Waals surface area contributed by atoms with E-state index in [-0.39, 0.29) is 0 Å². The van der Waals surface area contributed by atoms with Crippen molar-refractivity contribution in [1.82, 2.24) is 0 Å². The zero-order chi connectivity index (χ0) is 10.8. The van der Waals surface area contributed by atoms with Crippen molar-refractivity contribution < 1.29 is 0 Å². The van der Waals surface area contributed by atoms with Gasteiger partial charge in [-0.05, 0) is 25.0 Å². The van der Waals surface area contributed by atoms with E-state index in [0.717, 1.165) is 5.70 Å². The second-order valence-electron chi connectivity index (χ2n) is 3.63. The van der Waals surface area contributed by atoms with Crippen LogP contribution in [-0.2, 0) is 0 Å². The monoisotopic (exact) mass is 218 g/mol. The molecule has 2 rings (SSSR count). The summed E-state index contributed by atoms with van der Waals surface area (Å²) in [4.78, 5) is 4.28. The Morgan fingerprint density at radius 2 is 1.87 bits per heavy atom. The first kappa shape index (κ1) is 10.3. The SMILES string of the molecule is CC1=C(C)[C@H](c2ccccc2)SC(N)=N1. The Hall–Kier alpha value is -1.22. The molecular weight excluding hydrogens is 204 g/mol. The Bertz CT molecular complexity index is 421. The fraction of sp³-hybridized carbons (Fsp3) is 0.250. The van der Waals surface area contributed by atoms with E-state index in [1.54, 1.807) is 11.8 Å². The van der Waals surface area contributed by atoms with E-state index >= 15 is 0 Å². The van der Waals surface area contributed by atoms with Crippen molar-refractivity contribution in [3.63, 3.8) is 0 Å². The molecule has 0 fully saturated rings. The number of nitrogens with zero attached hydrogens (tertiary/aromatic N) is 1. The van der Waals surface area contributed by atoms with Gasteiger partial charge in [0.05, 0.1) is 5.25 Å². The van der Waals surface area contributed by atoms with Crippen LogP contribution < -0.4 is 5.73 Å². The molecule has 2 nitrogen and oxygen atoms in total. The summed E-state index contributed by atoms with van der Waals surface area (Å²) in [6, 6.07) is 10.4. The van der Waals surface area contributed by atoms with Gasteiger partial charge in [0.25, 0.3) is 0 Å². The van der Waals surface area contributed by atoms with Crippen LogP contribution in [-0.4, -0.2) is 5.17 Å². The van der Waals surface area contributed by atoms with Gasteiger partial charge in [-0.2, -0.15) is 0 Å². The molecule has 1 heterocycles. The van der Waals surface area contributed by atoms with Crippen LogP contribution in [0.3, 0.4) is 0 Å². The maximum absolute atomic E-state index is 5.79. The fourth-order valence-corrected chi connectivity index (χ4v) is 2.70. The number of benzene rings is 1. The van der Waals surface area contributed by atoms with Gasteiger partial charge < -0.3 is 5.73 Å². The maximum Gasteiger partial charge on any atom is 0.159 e. The Morgan fingerprint density at radius 1 is 1.20 bits per heavy atom. The van der Waals surface area contributed by atoms with Crippen molar-refractivity contribution in [2.24, 2.45) is 10.7 Å². The van der Waals surface area contributed by atoms with Crippen molar-refractivity contribution in [1.29, 1.82) is 0 Å². The van der Waals surface area contributed by atoms with Gasteiger partial charge in [0, 0.05) is 5.70 Å². The molecule has 0 bridgehead atoms. The minimum atomic E-state index is 0.323. The minimum Gasteiger partial charge on any atom is -0.378 e. The number of nitrogens with two attached hydrogens (primary N) is 1. The highest BCUT2D eigenvalue weighted by atomic mass is 32.2. The largest absolute Gasteiger partial charge is 0.378 e. The van der Waals surface area contributed by atoms with Crippen molar-refractivity contribution in [3.8, 4) is 0 Å². The van der Waals surface area contributed by atoms with Gasteiger partial charge in [0.2, 0.25) is 0 Å². The summed E-state index contributed by atoms with van der Waals surface area (Å²) >= 11 is 1.62. The van der Waals surface area contributed by atoms with Crippen LogP contribution in [0.4, 0.5) is 0 Å². The molecule has 78 valence electrons. The average Bonchev–Trinajstić information content (AvgIpc) is 2.24. The predicted molar refractivity (Wildman–Crippen MR) is 66.8 cm³/mol. The first-order valence-electron chi connectivity index (χ1n) is 4.91. The van der Waals surface area contributed by atoms with Crippen molar-refractivity contribution in [2.75, 3.05) is 0 Å². The molecular formula is C12H14N2S. The summed E-state index contributed by atoms with van der Waals surface area (Å²) in [7, 11) is 0. The summed E-state index contributed by atoms with van der Waals surface area (Å²) in [5, 5.41) is 0.982. The number of rotatable bonds is 1. The van der Waals surface area contributed by atoms with Gasteiger partial charge in [-0.25, -0.2) is 4.99 Å². The van der Waals surface area contributed by atoms with Crippen LogP contribution >= 0.6 is 11.8 Å². The molecule has 0 saturated carbocycles. The lowest BCUT2D eigenvalue weighted by molar-refractivity contribution is 1.04. The summed E-state index contributed by atoms with van der Waals surface area (Å²) in [6.45, 7) is 4.13. The number of aliphatic imine (C=N–C) groups is 1. The highest BCUT2D eigenvalue weighted by Crippen LogP contribution is 2.40. The first-order valence-corrected chi connectivity index (χ1v) is 5.79. The number of hydrogen-bond donors (Lipinski definition) is 1. The Morgan fingerprint density at radius 3 is 2.53 bits per heavy atom. The third kappa shape index (κ3) is 2.07. The molecule has 0 aliphatic carbocycles. The number of allylic oxidation sites excluding steroid dienone is 1. The van der Waals surface area contributed by atoms with Gasteiger partial charge in [-0.3, -0.25) is 0 Å². The van der Waals surface area contributed by atoms with Crippen LogP contribution in [0.1, 0.15) is 24.7 Å². The van der Waals surface area contributed by atoms with Crippen molar-refractivity contribution in [2.45, 2.75) is 19.1 Å². The summed E-state index contributed by atoms with van der Waals surface area (Å²) in [6.07, 6.45) is 0. The molecule has 15 heavy (non-hydrogen) atoms. The molecule has 1 aromatic rings. The van der Waals surface area contributed by atoms with E-state index in [2.05, 4.69) is 36.2 Å². The predicted octanol–water partition coefficient (Wildman–Crippen LogP) is 3.08. The van der Waals surface area contributed by atoms with E-state index < -0.39 is 0 Å². The molecule has 1 atom stereocenters. The molecule has 0 radical (unpaired) electrons. The van der Waals surface area contributed by atoms with Gasteiger partial charge in [0.15, 0.2) is 5.17 Å². The highest BCUT2D eigenvalue weighted by Gasteiger charge is 2.21. The Labute approximate surface area is 94.3 Å². The zero-order valence-electron chi connectivity index (χ0n) is 8.90. The number of thioether (sulfide) groups is 1. The first-order chi connectivity index (χ1) is 7.18. The van der Waals surface area contributed by atoms with E-state index in [1.807, 2.05) is 13.0 Å². The van der Waals surface area contributed by atoms with Crippen LogP contribution in [0.25, 0.3) is 0 Å². The van der Waals surface area contributed by atoms with Crippen molar-refractivity contribution >= 4 is 16.9 Å². The van der Waals surface area contributed by atoms with Crippen LogP contribution in [0.5, 0.6) is 0 Å². The fourth-order valence-electron chi connectivity index (χ4n) is 1.62. The lowest BCUT2D eigenvalue weighted by Gasteiger charge is -2.22. The number of amidine groups is 1. The molecule has 0 saturated heterocycles. The van der Waals surface area contributed by atoms with E-state index in [9.17, 15) is 0 Å². The van der Waals surface area contributed by atoms with Gasteiger partial charge in [0.1, 0.15) is 0 Å². The van der Waals surface area contributed by atoms with E-state index in [4.69, 9.17) is 5.73 Å². The molecule has 1 aliphatic rings. The molecule has 1 aromatic carbocycles. The van der Waals surface area contributed by atoms with Gasteiger partial charge >= 0.3 is 0 Å². The lowest BCUT2D eigenvalue weighted by Crippen LogP contribution is -2.15. The maximum atomic E-state index is 5.79. The standard InChI is InChI=1S/C12H14N2S/c1-8-9(2)14-12(13)15-11(8)10-6-4-3-5-7-10/h3-7,11H,1-2H3,(H2,13,14)/t11-/m1/s1. The molecule has 1 aliphatic heterocycles. The van der Waals surface area contributed by atoms with Crippen LogP contribution in [0, 0.1) is 0 Å². The van der Waals surface area contributed by atoms with E-state index in [1.165, 1.54) is 11.1 Å². The van der Waals surface area contributed by atoms with Crippen LogP contribution in [0.15, 0.2) is 46.6 Å². The third-order valence-corrected chi connectivity index (χ3v) is 3.78. The normalized spacial score (nSPS) is 21.5. The summed E-state index contributed by atoms with van der Waals surface area (Å²) in [5.41, 5.74) is 9.42. The molecule has 0 spiro atoms. The molecule has 0 amide bonds. The average molecular weight is 218 g/mol. The minimum absolute atomic E-state index is 0.323. The Balaban J connectivity index is 2.37. The van der Waals surface area contributed by atoms with Crippen molar-refractivity contribution in [3.05, 3.63) is 47.2 Å². The topological polar surface area (TPSA) is 38.4 Å². The van der Waals surface area contributed by atoms with E-state index in [0.29, 0.717) is 10.4 Å². The second-order valence-corrected chi connectivity index (χ2v) is 4.75.